The van der Waals surface area contributed by atoms with Crippen molar-refractivity contribution < 1.29 is 54.1 Å². The number of hydrazone groups is 1. The summed E-state index contributed by atoms with van der Waals surface area (Å²) in [4.78, 5) is 1.35. The van der Waals surface area contributed by atoms with Gasteiger partial charge in [0, 0.05) is 59.4 Å². The number of nitrogens with zero attached hydrogens (tertiary/aromatic N) is 4. The van der Waals surface area contributed by atoms with E-state index in [0.717, 1.165) is 25.1 Å². The fourth-order valence-corrected chi connectivity index (χ4v) is 6.06. The molecule has 3 rings (SSSR count). The SMILES string of the molecule is CCCC(CCNC(O)OC)(OC)c1ccc(C(F)(F)F)cc1CN(CC1C=C(C(F)(F)F)C=C(C(F)(F)F)C1C)C1=NN(C)NN1C. The van der Waals surface area contributed by atoms with Crippen molar-refractivity contribution in [2.75, 3.05) is 41.4 Å². The number of benzene rings is 1. The van der Waals surface area contributed by atoms with E-state index in [2.05, 4.69) is 16.0 Å². The standard InChI is InChI=1S/C30H41F9N6O3/c1-7-10-27(48-6,11-12-40-26(46)47-5)23-9-8-21(28(31,32)33)14-20(23)17-45(25-41-44(4)42-43(25)3)16-19-13-22(29(34,35)36)15-24(18(19)2)30(37,38)39/h8-9,13-15,18-19,26,40,42,46H,7,10-12,16-17H2,1-6H3. The van der Waals surface area contributed by atoms with Gasteiger partial charge in [0.2, 0.25) is 12.4 Å². The molecular weight excluding hydrogens is 663 g/mol. The third-order valence-corrected chi connectivity index (χ3v) is 8.44. The Morgan fingerprint density at radius 3 is 2.19 bits per heavy atom. The molecule has 0 bridgehead atoms. The van der Waals surface area contributed by atoms with Crippen LogP contribution in [0.2, 0.25) is 0 Å². The zero-order chi connectivity index (χ0) is 36.2. The largest absolute Gasteiger partial charge is 0.416 e. The van der Waals surface area contributed by atoms with Crippen LogP contribution in [0.25, 0.3) is 0 Å². The molecule has 0 spiro atoms. The van der Waals surface area contributed by atoms with Gasteiger partial charge in [-0.3, -0.25) is 10.3 Å². The predicted octanol–water partition coefficient (Wildman–Crippen LogP) is 5.86. The maximum Gasteiger partial charge on any atom is 0.416 e. The summed E-state index contributed by atoms with van der Waals surface area (Å²) in [6, 6.07) is 3.06. The van der Waals surface area contributed by atoms with E-state index in [1.54, 1.807) is 0 Å². The highest BCUT2D eigenvalue weighted by Crippen LogP contribution is 2.44. The number of guanidine groups is 1. The summed E-state index contributed by atoms with van der Waals surface area (Å²) in [5.74, 6) is -2.77. The van der Waals surface area contributed by atoms with E-state index in [0.29, 0.717) is 18.4 Å². The molecule has 2 aliphatic rings. The first-order valence-corrected chi connectivity index (χ1v) is 15.0. The number of allylic oxidation sites excluding steroid dienone is 3. The van der Waals surface area contributed by atoms with Gasteiger partial charge in [0.15, 0.2) is 0 Å². The van der Waals surface area contributed by atoms with Gasteiger partial charge in [0.25, 0.3) is 0 Å². The number of halogens is 9. The summed E-state index contributed by atoms with van der Waals surface area (Å²) in [6.07, 6.45) is -14.5. The molecule has 4 atom stereocenters. The van der Waals surface area contributed by atoms with Crippen LogP contribution in [-0.2, 0) is 27.8 Å². The average molecular weight is 705 g/mol. The topological polar surface area (TPSA) is 84.8 Å². The van der Waals surface area contributed by atoms with Gasteiger partial charge in [0.1, 0.15) is 0 Å². The molecule has 4 unspecified atom stereocenters. The van der Waals surface area contributed by atoms with Crippen molar-refractivity contribution in [3.05, 3.63) is 58.2 Å². The van der Waals surface area contributed by atoms with Crippen molar-refractivity contribution in [3.8, 4) is 0 Å². The summed E-state index contributed by atoms with van der Waals surface area (Å²) < 4.78 is 136. The molecule has 0 radical (unpaired) electrons. The molecule has 0 aromatic heterocycles. The number of rotatable bonds is 13. The Balaban J connectivity index is 2.19. The molecular formula is C30H41F9N6O3. The molecule has 0 fully saturated rings. The van der Waals surface area contributed by atoms with Gasteiger partial charge in [-0.2, -0.15) is 39.5 Å². The first-order chi connectivity index (χ1) is 22.2. The van der Waals surface area contributed by atoms with Crippen molar-refractivity contribution >= 4 is 5.96 Å². The molecule has 48 heavy (non-hydrogen) atoms. The fraction of sp³-hybridized carbons (Fsp3) is 0.633. The summed E-state index contributed by atoms with van der Waals surface area (Å²) >= 11 is 0. The minimum atomic E-state index is -5.08. The van der Waals surface area contributed by atoms with Gasteiger partial charge in [-0.05, 0) is 48.1 Å². The Morgan fingerprint density at radius 1 is 1.02 bits per heavy atom. The first kappa shape index (κ1) is 39.4. The van der Waals surface area contributed by atoms with Crippen molar-refractivity contribution in [2.24, 2.45) is 16.9 Å². The van der Waals surface area contributed by atoms with Crippen LogP contribution in [0.3, 0.4) is 0 Å². The second-order valence-electron chi connectivity index (χ2n) is 11.7. The lowest BCUT2D eigenvalue weighted by molar-refractivity contribution is -0.137. The van der Waals surface area contributed by atoms with Gasteiger partial charge in [-0.1, -0.05) is 32.4 Å². The molecule has 272 valence electrons. The van der Waals surface area contributed by atoms with E-state index >= 15 is 0 Å². The summed E-state index contributed by atoms with van der Waals surface area (Å²) in [5.41, 5.74) is -1.90. The minimum Gasteiger partial charge on any atom is -0.373 e. The number of hydrogen-bond donors (Lipinski definition) is 3. The maximum absolute atomic E-state index is 14.1. The van der Waals surface area contributed by atoms with Crippen molar-refractivity contribution in [2.45, 2.75) is 70.2 Å². The summed E-state index contributed by atoms with van der Waals surface area (Å²) in [6.45, 7) is 2.23. The highest BCUT2D eigenvalue weighted by Gasteiger charge is 2.46. The van der Waals surface area contributed by atoms with E-state index in [1.807, 2.05) is 6.92 Å². The lowest BCUT2D eigenvalue weighted by Crippen LogP contribution is -2.48. The molecule has 1 aliphatic heterocycles. The third kappa shape index (κ3) is 9.34. The third-order valence-electron chi connectivity index (χ3n) is 8.44. The summed E-state index contributed by atoms with van der Waals surface area (Å²) in [7, 11) is 5.63. The molecule has 0 saturated heterocycles. The number of methoxy groups -OCH3 is 2. The monoisotopic (exact) mass is 704 g/mol. The molecule has 1 aromatic carbocycles. The van der Waals surface area contributed by atoms with Crippen LogP contribution >= 0.6 is 0 Å². The molecule has 0 saturated carbocycles. The Labute approximate surface area is 272 Å². The van der Waals surface area contributed by atoms with Gasteiger partial charge in [-0.15, -0.1) is 10.6 Å². The van der Waals surface area contributed by atoms with Crippen molar-refractivity contribution in [1.29, 1.82) is 0 Å². The van der Waals surface area contributed by atoms with Crippen molar-refractivity contribution in [3.63, 3.8) is 0 Å². The smallest absolute Gasteiger partial charge is 0.373 e. The molecule has 9 nitrogen and oxygen atoms in total. The Bertz CT molecular complexity index is 1350. The lowest BCUT2D eigenvalue weighted by atomic mass is 9.79. The maximum atomic E-state index is 14.1. The summed E-state index contributed by atoms with van der Waals surface area (Å²) in [5, 5.41) is 19.4. The molecule has 1 aliphatic carbocycles. The average Bonchev–Trinajstić information content (AvgIpc) is 3.32. The highest BCUT2D eigenvalue weighted by atomic mass is 19.4. The molecule has 18 heteroatoms. The lowest BCUT2D eigenvalue weighted by Gasteiger charge is -2.38. The Hall–Kier alpha value is -3.06. The van der Waals surface area contributed by atoms with E-state index in [1.165, 1.54) is 49.4 Å². The Kier molecular flexibility index (Phi) is 12.5. The van der Waals surface area contributed by atoms with E-state index < -0.39 is 72.2 Å². The van der Waals surface area contributed by atoms with E-state index in [9.17, 15) is 44.6 Å². The molecule has 3 N–H and O–H groups in total. The highest BCUT2D eigenvalue weighted by molar-refractivity contribution is 5.80. The van der Waals surface area contributed by atoms with Crippen LogP contribution in [0, 0.1) is 11.8 Å². The second kappa shape index (κ2) is 15.2. The van der Waals surface area contributed by atoms with Crippen LogP contribution in [-0.4, -0.2) is 86.3 Å². The quantitative estimate of drug-likeness (QED) is 0.174. The van der Waals surface area contributed by atoms with Gasteiger partial charge >= 0.3 is 18.5 Å². The number of hydrazine groups is 2. The van der Waals surface area contributed by atoms with Crippen LogP contribution in [0.1, 0.15) is 49.8 Å². The van der Waals surface area contributed by atoms with E-state index in [4.69, 9.17) is 9.47 Å². The number of nitrogens with one attached hydrogen (secondary N) is 2. The van der Waals surface area contributed by atoms with Crippen LogP contribution in [0.15, 0.2) is 46.6 Å². The molecule has 0 amide bonds. The molecule has 1 aromatic rings. The minimum absolute atomic E-state index is 0.0431. The fourth-order valence-electron chi connectivity index (χ4n) is 6.06. The number of aliphatic hydroxyl groups excluding tert-OH is 1. The number of ether oxygens (including phenoxy) is 2. The predicted molar refractivity (Wildman–Crippen MR) is 158 cm³/mol. The number of aliphatic hydroxyl groups is 1. The Morgan fingerprint density at radius 2 is 1.69 bits per heavy atom. The number of hydrogen-bond acceptors (Lipinski definition) is 9. The second-order valence-corrected chi connectivity index (χ2v) is 11.7. The van der Waals surface area contributed by atoms with Gasteiger partial charge < -0.3 is 19.5 Å². The van der Waals surface area contributed by atoms with Gasteiger partial charge in [0.05, 0.1) is 16.7 Å². The first-order valence-electron chi connectivity index (χ1n) is 15.0. The van der Waals surface area contributed by atoms with E-state index in [-0.39, 0.29) is 30.6 Å². The van der Waals surface area contributed by atoms with Crippen LogP contribution in [0.5, 0.6) is 0 Å². The zero-order valence-corrected chi connectivity index (χ0v) is 27.3. The van der Waals surface area contributed by atoms with Crippen LogP contribution < -0.4 is 10.9 Å². The number of alkyl halides is 9. The van der Waals surface area contributed by atoms with Crippen LogP contribution in [0.4, 0.5) is 39.5 Å². The van der Waals surface area contributed by atoms with Crippen molar-refractivity contribution in [1.82, 2.24) is 25.9 Å². The normalized spacial score (nSPS) is 21.1. The molecule has 1 heterocycles. The zero-order valence-electron chi connectivity index (χ0n) is 27.3. The van der Waals surface area contributed by atoms with Gasteiger partial charge in [-0.25, -0.2) is 5.12 Å².